The number of hydrogen-bond acceptors (Lipinski definition) is 3. The van der Waals surface area contributed by atoms with Crippen molar-refractivity contribution in [2.75, 3.05) is 13.1 Å². The van der Waals surface area contributed by atoms with E-state index in [1.54, 1.807) is 0 Å². The minimum Gasteiger partial charge on any atom is -0.507 e. The largest absolute Gasteiger partial charge is 0.507 e. The van der Waals surface area contributed by atoms with E-state index in [4.69, 9.17) is 5.73 Å². The molecule has 8 heteroatoms. The van der Waals surface area contributed by atoms with Crippen LogP contribution in [0.5, 0.6) is 0 Å². The number of carbonyl (C=O) groups is 1. The Bertz CT molecular complexity index is 2160. The summed E-state index contributed by atoms with van der Waals surface area (Å²) in [4.78, 5) is 27.7. The number of aliphatic hydroxyl groups is 1. The Morgan fingerprint density at radius 2 is 1.51 bits per heavy atom. The summed E-state index contributed by atoms with van der Waals surface area (Å²) in [7, 11) is 0. The Morgan fingerprint density at radius 3 is 2.26 bits per heavy atom. The number of rotatable bonds is 11. The highest BCUT2D eigenvalue weighted by Gasteiger charge is 2.27. The lowest BCUT2D eigenvalue weighted by molar-refractivity contribution is -0.121. The van der Waals surface area contributed by atoms with Crippen LogP contribution < -0.4 is 32.4 Å². The number of carbonyl (C=O) groups excluding carboxylic acids is 1. The number of unbranched alkanes of at least 4 members (excludes halogenated alkanes) is 3. The molecule has 0 radical (unpaired) electrons. The van der Waals surface area contributed by atoms with E-state index in [-0.39, 0.29) is 11.7 Å². The van der Waals surface area contributed by atoms with Gasteiger partial charge in [0.25, 0.3) is 0 Å². The molecule has 1 amide bonds. The summed E-state index contributed by atoms with van der Waals surface area (Å²) in [6, 6.07) is 0. The molecular formula is C39H48N6O2. The first-order valence-electron chi connectivity index (χ1n) is 17.0. The van der Waals surface area contributed by atoms with Gasteiger partial charge in [-0.25, -0.2) is 0 Å². The molecule has 0 atom stereocenters. The van der Waals surface area contributed by atoms with E-state index >= 15 is 0 Å². The molecule has 8 nitrogen and oxygen atoms in total. The molecule has 8 N–H and O–H groups in total. The van der Waals surface area contributed by atoms with Crippen molar-refractivity contribution in [1.29, 1.82) is 0 Å². The summed E-state index contributed by atoms with van der Waals surface area (Å²) in [6.45, 7) is 16.2. The van der Waals surface area contributed by atoms with Crippen LogP contribution in [-0.2, 0) is 17.6 Å². The summed E-state index contributed by atoms with van der Waals surface area (Å²) in [6.07, 6.45) is 16.2. The van der Waals surface area contributed by atoms with Gasteiger partial charge < -0.3 is 36.1 Å². The zero-order chi connectivity index (χ0) is 33.4. The van der Waals surface area contributed by atoms with Crippen molar-refractivity contribution in [1.82, 2.24) is 25.3 Å². The van der Waals surface area contributed by atoms with E-state index in [0.717, 1.165) is 115 Å². The zero-order valence-corrected chi connectivity index (χ0v) is 28.4. The second kappa shape index (κ2) is 13.2. The maximum Gasteiger partial charge on any atom is 0.220 e. The molecule has 0 unspecified atom stereocenters. The Balaban J connectivity index is 1.53. The Labute approximate surface area is 276 Å². The van der Waals surface area contributed by atoms with E-state index in [2.05, 4.69) is 84.7 Å². The predicted molar refractivity (Wildman–Crippen MR) is 193 cm³/mol. The predicted octanol–water partition coefficient (Wildman–Crippen LogP) is 3.92. The van der Waals surface area contributed by atoms with Crippen molar-refractivity contribution in [3.63, 3.8) is 0 Å². The summed E-state index contributed by atoms with van der Waals surface area (Å²) in [5.74, 6) is 0.291. The van der Waals surface area contributed by atoms with Crippen molar-refractivity contribution < 1.29 is 9.90 Å². The average molecular weight is 633 g/mol. The lowest BCUT2D eigenvalue weighted by Crippen LogP contribution is -2.25. The molecule has 6 rings (SSSR count). The van der Waals surface area contributed by atoms with Crippen LogP contribution in [0.25, 0.3) is 35.6 Å². The molecule has 47 heavy (non-hydrogen) atoms. The second-order valence-electron chi connectivity index (χ2n) is 13.0. The number of aliphatic hydroxyl groups excluding tert-OH is 1. The normalized spacial score (nSPS) is 16.6. The van der Waals surface area contributed by atoms with E-state index in [1.807, 2.05) is 12.2 Å². The monoisotopic (exact) mass is 632 g/mol. The van der Waals surface area contributed by atoms with Gasteiger partial charge in [-0.05, 0) is 118 Å². The van der Waals surface area contributed by atoms with Crippen molar-refractivity contribution in [3.8, 4) is 0 Å². The number of amides is 1. The van der Waals surface area contributed by atoms with Gasteiger partial charge in [-0.15, -0.1) is 0 Å². The molecular weight excluding hydrogens is 584 g/mol. The number of hydrogen-bond donors (Lipinski definition) is 7. The molecule has 0 saturated carbocycles. The van der Waals surface area contributed by atoms with E-state index in [0.29, 0.717) is 25.9 Å². The summed E-state index contributed by atoms with van der Waals surface area (Å²) in [5, 5.41) is 18.4. The minimum atomic E-state index is 0.0468. The van der Waals surface area contributed by atoms with Gasteiger partial charge in [-0.2, -0.15) is 0 Å². The SMILES string of the molecule is C=Cc1c2[nH]c(c1C)/C=c1\[nH]/c(c(CCC(=O)NCCCCCCN)c1C)=C1/C=C(O)c3c1[nH]c(c3C)/C=c1\[nH]/c(c(C)c1CC)=C\2. The molecule has 0 saturated heterocycles. The molecule has 1 aliphatic heterocycles. The summed E-state index contributed by atoms with van der Waals surface area (Å²) < 4.78 is 0. The van der Waals surface area contributed by atoms with Crippen LogP contribution in [0, 0.1) is 27.7 Å². The van der Waals surface area contributed by atoms with Crippen molar-refractivity contribution >= 4 is 41.5 Å². The number of aromatic amines is 4. The van der Waals surface area contributed by atoms with Crippen molar-refractivity contribution in [2.45, 2.75) is 79.6 Å². The molecule has 4 aromatic heterocycles. The van der Waals surface area contributed by atoms with Crippen LogP contribution in [0.3, 0.4) is 0 Å². The topological polar surface area (TPSA) is 139 Å². The number of allylic oxidation sites excluding steroid dienone is 1. The highest BCUT2D eigenvalue weighted by atomic mass is 16.3. The molecule has 0 aromatic carbocycles. The third kappa shape index (κ3) is 5.87. The number of nitrogens with one attached hydrogen (secondary N) is 5. The highest BCUT2D eigenvalue weighted by molar-refractivity contribution is 5.94. The van der Waals surface area contributed by atoms with Crippen LogP contribution in [-0.4, -0.2) is 44.0 Å². The first-order chi connectivity index (χ1) is 22.7. The highest BCUT2D eigenvalue weighted by Crippen LogP contribution is 2.36. The van der Waals surface area contributed by atoms with Crippen molar-refractivity contribution in [3.05, 3.63) is 101 Å². The second-order valence-corrected chi connectivity index (χ2v) is 13.0. The fourth-order valence-electron chi connectivity index (χ4n) is 7.29. The van der Waals surface area contributed by atoms with Crippen LogP contribution >= 0.6 is 0 Å². The van der Waals surface area contributed by atoms with Gasteiger partial charge in [0, 0.05) is 62.8 Å². The van der Waals surface area contributed by atoms with E-state index < -0.39 is 0 Å². The lowest BCUT2D eigenvalue weighted by Gasteiger charge is -2.06. The van der Waals surface area contributed by atoms with Crippen LogP contribution in [0.15, 0.2) is 12.7 Å². The first kappa shape index (κ1) is 32.3. The molecule has 246 valence electrons. The first-order valence-corrected chi connectivity index (χ1v) is 17.0. The van der Waals surface area contributed by atoms with Gasteiger partial charge in [0.2, 0.25) is 5.91 Å². The Morgan fingerprint density at radius 1 is 0.830 bits per heavy atom. The maximum atomic E-state index is 13.0. The van der Waals surface area contributed by atoms with Gasteiger partial charge in [-0.1, -0.05) is 32.4 Å². The van der Waals surface area contributed by atoms with Crippen LogP contribution in [0.2, 0.25) is 0 Å². The zero-order valence-electron chi connectivity index (χ0n) is 28.4. The van der Waals surface area contributed by atoms with Gasteiger partial charge in [-0.3, -0.25) is 4.79 Å². The summed E-state index contributed by atoms with van der Waals surface area (Å²) in [5.41, 5.74) is 19.0. The van der Waals surface area contributed by atoms with Crippen molar-refractivity contribution in [2.24, 2.45) is 5.73 Å². The molecule has 2 aliphatic rings. The smallest absolute Gasteiger partial charge is 0.220 e. The molecule has 8 bridgehead atoms. The maximum absolute atomic E-state index is 13.0. The molecule has 1 aliphatic carbocycles. The fraction of sp³-hybridized carbons (Fsp3) is 0.359. The molecule has 0 fully saturated rings. The van der Waals surface area contributed by atoms with Gasteiger partial charge >= 0.3 is 0 Å². The lowest BCUT2D eigenvalue weighted by atomic mass is 10.0. The van der Waals surface area contributed by atoms with Crippen LogP contribution in [0.4, 0.5) is 0 Å². The van der Waals surface area contributed by atoms with Crippen LogP contribution in [0.1, 0.15) is 106 Å². The molecule has 4 aromatic rings. The summed E-state index contributed by atoms with van der Waals surface area (Å²) >= 11 is 0. The number of H-pyrrole nitrogens is 4. The van der Waals surface area contributed by atoms with E-state index in [9.17, 15) is 9.90 Å². The molecule has 0 spiro atoms. The third-order valence-corrected chi connectivity index (χ3v) is 10.1. The van der Waals surface area contributed by atoms with E-state index in [1.165, 1.54) is 11.1 Å². The number of aromatic nitrogens is 4. The number of nitrogens with two attached hydrogens (primary N) is 1. The standard InChI is InChI=1S/C39H48N6O2/c1-7-25-21(3)29-18-31-23(5)27(13-14-36(47)41-16-12-10-9-11-15-40)38(44-31)28-17-35(46)37-24(6)32(45-39(28)37)20-34-26(8-2)22(4)30(43-34)19-33(25)42-29/h7,17-20,42-46H,1,8-16,40H2,2-6H3,(H,41,47)/b29-18?,30-19-,31-18-,32-20?,33-19?,34-20-,38-28-. The Kier molecular flexibility index (Phi) is 9.06. The fourth-order valence-corrected chi connectivity index (χ4v) is 7.29. The molecule has 5 heterocycles. The van der Waals surface area contributed by atoms with Gasteiger partial charge in [0.1, 0.15) is 5.76 Å². The average Bonchev–Trinajstić information content (AvgIpc) is 3.80. The minimum absolute atomic E-state index is 0.0468. The third-order valence-electron chi connectivity index (χ3n) is 10.1. The Hall–Kier alpha value is -4.69. The van der Waals surface area contributed by atoms with Gasteiger partial charge in [0.15, 0.2) is 0 Å². The van der Waals surface area contributed by atoms with Gasteiger partial charge in [0.05, 0.1) is 11.0 Å². The quantitative estimate of drug-likeness (QED) is 0.126. The number of fused-ring (bicyclic) bond motifs is 7.